The van der Waals surface area contributed by atoms with Gasteiger partial charge in [0.2, 0.25) is 5.91 Å². The molecule has 23 heavy (non-hydrogen) atoms. The SMILES string of the molecule is N#CCC(=O)Nc1ccccc1-c1ccccc1OC(F)(F)F. The van der Waals surface area contributed by atoms with E-state index in [9.17, 15) is 18.0 Å². The van der Waals surface area contributed by atoms with E-state index >= 15 is 0 Å². The highest BCUT2D eigenvalue weighted by molar-refractivity contribution is 5.97. The van der Waals surface area contributed by atoms with Crippen molar-refractivity contribution in [2.24, 2.45) is 0 Å². The van der Waals surface area contributed by atoms with Gasteiger partial charge in [0.1, 0.15) is 12.2 Å². The molecule has 0 aliphatic rings. The van der Waals surface area contributed by atoms with Crippen LogP contribution < -0.4 is 10.1 Å². The van der Waals surface area contributed by atoms with E-state index in [4.69, 9.17) is 5.26 Å². The van der Waals surface area contributed by atoms with Crippen LogP contribution in [0.25, 0.3) is 11.1 Å². The lowest BCUT2D eigenvalue weighted by molar-refractivity contribution is -0.274. The third-order valence-corrected chi connectivity index (χ3v) is 2.84. The van der Waals surface area contributed by atoms with Gasteiger partial charge >= 0.3 is 6.36 Å². The number of alkyl halides is 3. The van der Waals surface area contributed by atoms with Crippen LogP contribution in [0, 0.1) is 11.3 Å². The molecule has 2 aromatic carbocycles. The van der Waals surface area contributed by atoms with Crippen LogP contribution in [0.2, 0.25) is 0 Å². The van der Waals surface area contributed by atoms with Gasteiger partial charge in [0.05, 0.1) is 6.07 Å². The van der Waals surface area contributed by atoms with Gasteiger partial charge < -0.3 is 10.1 Å². The minimum Gasteiger partial charge on any atom is -0.405 e. The number of halogens is 3. The number of rotatable bonds is 4. The number of hydrogen-bond acceptors (Lipinski definition) is 3. The zero-order chi connectivity index (χ0) is 16.9. The van der Waals surface area contributed by atoms with Gasteiger partial charge in [0.15, 0.2) is 0 Å². The lowest BCUT2D eigenvalue weighted by atomic mass is 10.0. The van der Waals surface area contributed by atoms with Crippen LogP contribution in [0.15, 0.2) is 48.5 Å². The van der Waals surface area contributed by atoms with E-state index in [-0.39, 0.29) is 17.7 Å². The summed E-state index contributed by atoms with van der Waals surface area (Å²) in [4.78, 5) is 11.6. The van der Waals surface area contributed by atoms with Gasteiger partial charge in [-0.1, -0.05) is 36.4 Å². The minimum absolute atomic E-state index is 0.178. The van der Waals surface area contributed by atoms with Gasteiger partial charge in [-0.05, 0) is 12.1 Å². The van der Waals surface area contributed by atoms with E-state index in [1.165, 1.54) is 24.3 Å². The average Bonchev–Trinajstić information content (AvgIpc) is 2.47. The molecule has 2 rings (SSSR count). The average molecular weight is 320 g/mol. The first-order valence-electron chi connectivity index (χ1n) is 6.51. The van der Waals surface area contributed by atoms with Gasteiger partial charge in [-0.2, -0.15) is 5.26 Å². The zero-order valence-corrected chi connectivity index (χ0v) is 11.7. The van der Waals surface area contributed by atoms with E-state index in [1.54, 1.807) is 30.3 Å². The molecule has 0 heterocycles. The fourth-order valence-electron chi connectivity index (χ4n) is 2.00. The molecule has 0 aromatic heterocycles. The second-order valence-electron chi connectivity index (χ2n) is 4.47. The Kier molecular flexibility index (Phi) is 4.86. The molecule has 0 atom stereocenters. The molecular weight excluding hydrogens is 309 g/mol. The van der Waals surface area contributed by atoms with E-state index < -0.39 is 12.3 Å². The lowest BCUT2D eigenvalue weighted by Crippen LogP contribution is -2.17. The van der Waals surface area contributed by atoms with Crippen molar-refractivity contribution in [2.45, 2.75) is 12.8 Å². The number of para-hydroxylation sites is 2. The monoisotopic (exact) mass is 320 g/mol. The summed E-state index contributed by atoms with van der Waals surface area (Å²) in [6.45, 7) is 0. The summed E-state index contributed by atoms with van der Waals surface area (Å²) in [5.74, 6) is -0.920. The molecule has 118 valence electrons. The van der Waals surface area contributed by atoms with Crippen LogP contribution in [0.5, 0.6) is 5.75 Å². The maximum Gasteiger partial charge on any atom is 0.573 e. The zero-order valence-electron chi connectivity index (χ0n) is 11.7. The normalized spacial score (nSPS) is 10.7. The highest BCUT2D eigenvalue weighted by Crippen LogP contribution is 2.37. The van der Waals surface area contributed by atoms with Crippen molar-refractivity contribution in [3.05, 3.63) is 48.5 Å². The van der Waals surface area contributed by atoms with Crippen molar-refractivity contribution in [1.82, 2.24) is 0 Å². The molecule has 7 heteroatoms. The number of nitriles is 1. The maximum absolute atomic E-state index is 12.5. The molecule has 2 aromatic rings. The van der Waals surface area contributed by atoms with Gasteiger partial charge in [-0.25, -0.2) is 0 Å². The molecule has 0 unspecified atom stereocenters. The highest BCUT2D eigenvalue weighted by Gasteiger charge is 2.32. The molecule has 0 spiro atoms. The molecule has 0 saturated heterocycles. The van der Waals surface area contributed by atoms with Gasteiger partial charge in [0, 0.05) is 16.8 Å². The van der Waals surface area contributed by atoms with Crippen LogP contribution in [-0.4, -0.2) is 12.3 Å². The fraction of sp³-hybridized carbons (Fsp3) is 0.125. The standard InChI is InChI=1S/C16H11F3N2O2/c17-16(18,19)23-14-8-4-2-6-12(14)11-5-1-3-7-13(11)21-15(22)9-10-20/h1-8H,9H2,(H,21,22). The van der Waals surface area contributed by atoms with Crippen molar-refractivity contribution in [3.63, 3.8) is 0 Å². The Bertz CT molecular complexity index is 751. The van der Waals surface area contributed by atoms with Crippen molar-refractivity contribution >= 4 is 11.6 Å². The van der Waals surface area contributed by atoms with E-state index in [1.807, 2.05) is 0 Å². The van der Waals surface area contributed by atoms with Crippen molar-refractivity contribution in [3.8, 4) is 22.9 Å². The minimum atomic E-state index is -4.82. The Balaban J connectivity index is 2.43. The molecule has 1 amide bonds. The predicted molar refractivity (Wildman–Crippen MR) is 77.4 cm³/mol. The molecule has 0 aliphatic carbocycles. The Labute approximate surface area is 130 Å². The number of amides is 1. The van der Waals surface area contributed by atoms with E-state index in [0.717, 1.165) is 0 Å². The number of anilines is 1. The number of carbonyl (C=O) groups is 1. The summed E-state index contributed by atoms with van der Waals surface area (Å²) >= 11 is 0. The number of nitrogens with one attached hydrogen (secondary N) is 1. The number of carbonyl (C=O) groups excluding carboxylic acids is 1. The summed E-state index contributed by atoms with van der Waals surface area (Å²) in [5, 5.41) is 11.0. The smallest absolute Gasteiger partial charge is 0.405 e. The van der Waals surface area contributed by atoms with Crippen molar-refractivity contribution in [1.29, 1.82) is 5.26 Å². The fourth-order valence-corrected chi connectivity index (χ4v) is 2.00. The van der Waals surface area contributed by atoms with Crippen LogP contribution in [0.1, 0.15) is 6.42 Å². The molecule has 0 saturated carbocycles. The quantitative estimate of drug-likeness (QED) is 0.922. The van der Waals surface area contributed by atoms with Gasteiger partial charge in [0.25, 0.3) is 0 Å². The molecule has 0 aliphatic heterocycles. The molecular formula is C16H11F3N2O2. The highest BCUT2D eigenvalue weighted by atomic mass is 19.4. The first-order valence-corrected chi connectivity index (χ1v) is 6.51. The van der Waals surface area contributed by atoms with Gasteiger partial charge in [-0.15, -0.1) is 13.2 Å². The molecule has 0 fully saturated rings. The summed E-state index contributed by atoms with van der Waals surface area (Å²) < 4.78 is 41.6. The van der Waals surface area contributed by atoms with Crippen LogP contribution in [0.4, 0.5) is 18.9 Å². The third-order valence-electron chi connectivity index (χ3n) is 2.84. The lowest BCUT2D eigenvalue weighted by Gasteiger charge is -2.16. The van der Waals surface area contributed by atoms with Crippen molar-refractivity contribution in [2.75, 3.05) is 5.32 Å². The molecule has 0 radical (unpaired) electrons. The summed E-state index contributed by atoms with van der Waals surface area (Å²) in [6.07, 6.45) is -5.18. The third kappa shape index (κ3) is 4.48. The number of hydrogen-bond donors (Lipinski definition) is 1. The van der Waals surface area contributed by atoms with Gasteiger partial charge in [-0.3, -0.25) is 4.79 Å². The number of benzene rings is 2. The molecule has 4 nitrogen and oxygen atoms in total. The van der Waals surface area contributed by atoms with Crippen LogP contribution in [0.3, 0.4) is 0 Å². The number of nitrogens with zero attached hydrogens (tertiary/aromatic N) is 1. The molecule has 1 N–H and O–H groups in total. The Morgan fingerprint density at radius 2 is 1.70 bits per heavy atom. The summed E-state index contributed by atoms with van der Waals surface area (Å²) in [6, 6.07) is 13.7. The van der Waals surface area contributed by atoms with Crippen LogP contribution in [-0.2, 0) is 4.79 Å². The second-order valence-corrected chi connectivity index (χ2v) is 4.47. The van der Waals surface area contributed by atoms with E-state index in [0.29, 0.717) is 11.3 Å². The Morgan fingerprint density at radius 1 is 1.09 bits per heavy atom. The predicted octanol–water partition coefficient (Wildman–Crippen LogP) is 4.10. The Morgan fingerprint density at radius 3 is 2.35 bits per heavy atom. The van der Waals surface area contributed by atoms with Crippen LogP contribution >= 0.6 is 0 Å². The Hall–Kier alpha value is -3.01. The number of ether oxygens (including phenoxy) is 1. The van der Waals surface area contributed by atoms with Crippen molar-refractivity contribution < 1.29 is 22.7 Å². The maximum atomic E-state index is 12.5. The summed E-state index contributed by atoms with van der Waals surface area (Å²) in [5.41, 5.74) is 0.835. The topological polar surface area (TPSA) is 62.1 Å². The first kappa shape index (κ1) is 16.4. The second kappa shape index (κ2) is 6.83. The summed E-state index contributed by atoms with van der Waals surface area (Å²) in [7, 11) is 0. The van der Waals surface area contributed by atoms with E-state index in [2.05, 4.69) is 10.1 Å². The molecule has 0 bridgehead atoms. The first-order chi connectivity index (χ1) is 10.9. The largest absolute Gasteiger partial charge is 0.573 e.